The lowest BCUT2D eigenvalue weighted by Crippen LogP contribution is -2.26. The summed E-state index contributed by atoms with van der Waals surface area (Å²) < 4.78 is 1.15. The Bertz CT molecular complexity index is 572. The van der Waals surface area contributed by atoms with Gasteiger partial charge in [-0.15, -0.1) is 11.3 Å². The lowest BCUT2D eigenvalue weighted by Gasteiger charge is -2.18. The van der Waals surface area contributed by atoms with Gasteiger partial charge < -0.3 is 5.11 Å². The third kappa shape index (κ3) is 2.47. The fraction of sp³-hybridized carbons (Fsp3) is 0.385. The van der Waals surface area contributed by atoms with Crippen molar-refractivity contribution >= 4 is 27.5 Å². The van der Waals surface area contributed by atoms with Gasteiger partial charge in [0, 0.05) is 0 Å². The van der Waals surface area contributed by atoms with Gasteiger partial charge in [0.25, 0.3) is 0 Å². The van der Waals surface area contributed by atoms with Crippen LogP contribution in [0, 0.1) is 12.3 Å². The molecule has 3 nitrogen and oxygen atoms in total. The number of nitrogens with zero attached hydrogens (tertiary/aromatic N) is 1. The quantitative estimate of drug-likeness (QED) is 0.908. The Balaban J connectivity index is 2.34. The summed E-state index contributed by atoms with van der Waals surface area (Å²) in [7, 11) is 0. The van der Waals surface area contributed by atoms with Crippen LogP contribution in [0.4, 0.5) is 0 Å². The van der Waals surface area contributed by atoms with E-state index in [1.54, 1.807) is 25.2 Å². The molecule has 0 saturated heterocycles. The van der Waals surface area contributed by atoms with Crippen molar-refractivity contribution in [1.82, 2.24) is 4.98 Å². The van der Waals surface area contributed by atoms with Crippen LogP contribution in [0.1, 0.15) is 24.4 Å². The molecule has 1 heterocycles. The van der Waals surface area contributed by atoms with Crippen LogP contribution in [0.15, 0.2) is 18.2 Å². The van der Waals surface area contributed by atoms with Crippen LogP contribution in [0.3, 0.4) is 0 Å². The highest BCUT2D eigenvalue weighted by Gasteiger charge is 2.27. The van der Waals surface area contributed by atoms with E-state index >= 15 is 0 Å². The maximum absolute atomic E-state index is 11.1. The average Bonchev–Trinajstić information content (AvgIpc) is 2.56. The molecule has 0 saturated carbocycles. The van der Waals surface area contributed by atoms with Crippen LogP contribution < -0.4 is 0 Å². The molecule has 0 radical (unpaired) electrons. The van der Waals surface area contributed by atoms with E-state index in [0.717, 1.165) is 20.8 Å². The second kappa shape index (κ2) is 4.11. The number of hydrogen-bond donors (Lipinski definition) is 1. The molecule has 1 aromatic heterocycles. The van der Waals surface area contributed by atoms with E-state index in [0.29, 0.717) is 6.42 Å². The van der Waals surface area contributed by atoms with E-state index in [9.17, 15) is 4.79 Å². The molecule has 2 rings (SSSR count). The molecular formula is C13H15NO2S. The Morgan fingerprint density at radius 1 is 1.47 bits per heavy atom. The van der Waals surface area contributed by atoms with Crippen LogP contribution in [0.5, 0.6) is 0 Å². The first-order valence-corrected chi connectivity index (χ1v) is 6.29. The first kappa shape index (κ1) is 12.0. The van der Waals surface area contributed by atoms with Gasteiger partial charge in [-0.05, 0) is 44.9 Å². The lowest BCUT2D eigenvalue weighted by atomic mass is 9.86. The Morgan fingerprint density at radius 3 is 2.82 bits per heavy atom. The Morgan fingerprint density at radius 2 is 2.18 bits per heavy atom. The number of aromatic nitrogens is 1. The van der Waals surface area contributed by atoms with Gasteiger partial charge in [-0.25, -0.2) is 4.98 Å². The normalized spacial score (nSPS) is 11.9. The van der Waals surface area contributed by atoms with E-state index in [1.807, 2.05) is 25.1 Å². The molecule has 0 aliphatic heterocycles. The van der Waals surface area contributed by atoms with Crippen molar-refractivity contribution in [3.63, 3.8) is 0 Å². The molecule has 0 unspecified atom stereocenters. The van der Waals surface area contributed by atoms with Gasteiger partial charge in [-0.3, -0.25) is 4.79 Å². The van der Waals surface area contributed by atoms with E-state index in [1.165, 1.54) is 0 Å². The molecular weight excluding hydrogens is 234 g/mol. The number of hydrogen-bond acceptors (Lipinski definition) is 3. The van der Waals surface area contributed by atoms with Crippen LogP contribution in [0.2, 0.25) is 0 Å². The number of carboxylic acids is 1. The Labute approximate surface area is 104 Å². The number of carbonyl (C=O) groups is 1. The van der Waals surface area contributed by atoms with E-state index in [4.69, 9.17) is 5.11 Å². The second-order valence-corrected chi connectivity index (χ2v) is 6.14. The van der Waals surface area contributed by atoms with E-state index in [-0.39, 0.29) is 0 Å². The fourth-order valence-electron chi connectivity index (χ4n) is 1.78. The van der Waals surface area contributed by atoms with Crippen molar-refractivity contribution in [3.05, 3.63) is 28.8 Å². The SMILES string of the molecule is Cc1nc2cc(CC(C)(C)C(=O)O)ccc2s1. The molecule has 0 bridgehead atoms. The number of carboxylic acid groups (broad SMARTS) is 1. The molecule has 4 heteroatoms. The topological polar surface area (TPSA) is 50.2 Å². The summed E-state index contributed by atoms with van der Waals surface area (Å²) >= 11 is 1.66. The van der Waals surface area contributed by atoms with Crippen LogP contribution in [0.25, 0.3) is 10.2 Å². The highest BCUT2D eigenvalue weighted by Crippen LogP contribution is 2.27. The number of aliphatic carboxylic acids is 1. The van der Waals surface area contributed by atoms with Gasteiger partial charge in [-0.2, -0.15) is 0 Å². The molecule has 0 fully saturated rings. The van der Waals surface area contributed by atoms with Gasteiger partial charge in [0.15, 0.2) is 0 Å². The molecule has 0 atom stereocenters. The molecule has 0 aliphatic rings. The van der Waals surface area contributed by atoms with E-state index in [2.05, 4.69) is 4.98 Å². The zero-order valence-corrected chi connectivity index (χ0v) is 11.0. The van der Waals surface area contributed by atoms with Crippen molar-refractivity contribution in [3.8, 4) is 0 Å². The predicted molar refractivity (Wildman–Crippen MR) is 69.5 cm³/mol. The lowest BCUT2D eigenvalue weighted by molar-refractivity contribution is -0.146. The average molecular weight is 249 g/mol. The first-order chi connectivity index (χ1) is 7.88. The highest BCUT2D eigenvalue weighted by molar-refractivity contribution is 7.18. The number of thiazole rings is 1. The third-order valence-corrected chi connectivity index (χ3v) is 3.74. The summed E-state index contributed by atoms with van der Waals surface area (Å²) in [6.07, 6.45) is 0.523. The maximum Gasteiger partial charge on any atom is 0.309 e. The second-order valence-electron chi connectivity index (χ2n) is 4.90. The number of aryl methyl sites for hydroxylation is 1. The number of fused-ring (bicyclic) bond motifs is 1. The summed E-state index contributed by atoms with van der Waals surface area (Å²) in [5.74, 6) is -0.771. The Kier molecular flexibility index (Phi) is 2.91. The van der Waals surface area contributed by atoms with Gasteiger partial charge in [0.1, 0.15) is 0 Å². The van der Waals surface area contributed by atoms with Gasteiger partial charge in [0.2, 0.25) is 0 Å². The minimum absolute atomic E-state index is 0.523. The van der Waals surface area contributed by atoms with Crippen LogP contribution in [-0.4, -0.2) is 16.1 Å². The number of rotatable bonds is 3. The summed E-state index contributed by atoms with van der Waals surface area (Å²) in [5, 5.41) is 10.1. The maximum atomic E-state index is 11.1. The fourth-order valence-corrected chi connectivity index (χ4v) is 2.59. The van der Waals surface area contributed by atoms with Gasteiger partial charge >= 0.3 is 5.97 Å². The molecule has 0 amide bonds. The van der Waals surface area contributed by atoms with Crippen molar-refractivity contribution < 1.29 is 9.90 Å². The van der Waals surface area contributed by atoms with E-state index < -0.39 is 11.4 Å². The third-order valence-electron chi connectivity index (χ3n) is 2.78. The molecule has 17 heavy (non-hydrogen) atoms. The number of benzene rings is 1. The molecule has 0 spiro atoms. The minimum Gasteiger partial charge on any atom is -0.481 e. The minimum atomic E-state index is -0.771. The summed E-state index contributed by atoms with van der Waals surface area (Å²) in [5.41, 5.74) is 1.25. The van der Waals surface area contributed by atoms with Crippen molar-refractivity contribution in [2.75, 3.05) is 0 Å². The van der Waals surface area contributed by atoms with Gasteiger partial charge in [-0.1, -0.05) is 6.07 Å². The summed E-state index contributed by atoms with van der Waals surface area (Å²) in [6, 6.07) is 6.00. The van der Waals surface area contributed by atoms with Crippen molar-refractivity contribution in [2.24, 2.45) is 5.41 Å². The standard InChI is InChI=1S/C13H15NO2S/c1-8-14-10-6-9(4-5-11(10)17-8)7-13(2,3)12(15)16/h4-6H,7H2,1-3H3,(H,15,16). The van der Waals surface area contributed by atoms with Crippen molar-refractivity contribution in [1.29, 1.82) is 0 Å². The molecule has 90 valence electrons. The predicted octanol–water partition coefficient (Wildman–Crippen LogP) is 3.26. The highest BCUT2D eigenvalue weighted by atomic mass is 32.1. The molecule has 0 aliphatic carbocycles. The zero-order chi connectivity index (χ0) is 12.6. The Hall–Kier alpha value is -1.42. The van der Waals surface area contributed by atoms with Crippen molar-refractivity contribution in [2.45, 2.75) is 27.2 Å². The summed E-state index contributed by atoms with van der Waals surface area (Å²) in [4.78, 5) is 15.5. The molecule has 1 N–H and O–H groups in total. The molecule has 1 aromatic carbocycles. The van der Waals surface area contributed by atoms with Crippen LogP contribution in [-0.2, 0) is 11.2 Å². The first-order valence-electron chi connectivity index (χ1n) is 5.48. The zero-order valence-electron chi connectivity index (χ0n) is 10.2. The van der Waals surface area contributed by atoms with Gasteiger partial charge in [0.05, 0.1) is 20.6 Å². The molecule has 2 aromatic rings. The van der Waals surface area contributed by atoms with Crippen LogP contribution >= 0.6 is 11.3 Å². The largest absolute Gasteiger partial charge is 0.481 e. The smallest absolute Gasteiger partial charge is 0.309 e. The summed E-state index contributed by atoms with van der Waals surface area (Å²) in [6.45, 7) is 5.46. The monoisotopic (exact) mass is 249 g/mol.